The Labute approximate surface area is 191 Å². The number of rotatable bonds is 5. The van der Waals surface area contributed by atoms with Crippen molar-refractivity contribution in [1.82, 2.24) is 15.3 Å². The van der Waals surface area contributed by atoms with Crippen LogP contribution in [0.15, 0.2) is 53.6 Å². The summed E-state index contributed by atoms with van der Waals surface area (Å²) in [5.74, 6) is 0.251. The molecule has 1 amide bonds. The molecule has 3 heterocycles. The molecular formula is C22H22ClN5O3S. The lowest BCUT2D eigenvalue weighted by atomic mass is 9.99. The number of anilines is 2. The second-order valence-corrected chi connectivity index (χ2v) is 9.49. The highest BCUT2D eigenvalue weighted by Gasteiger charge is 2.24. The van der Waals surface area contributed by atoms with Crippen molar-refractivity contribution in [2.45, 2.75) is 18.9 Å². The van der Waals surface area contributed by atoms with Gasteiger partial charge in [-0.3, -0.25) is 14.4 Å². The van der Waals surface area contributed by atoms with Gasteiger partial charge in [0.25, 0.3) is 10.0 Å². The predicted molar refractivity (Wildman–Crippen MR) is 124 cm³/mol. The molecule has 10 heteroatoms. The molecule has 166 valence electrons. The first-order chi connectivity index (χ1) is 15.3. The van der Waals surface area contributed by atoms with Gasteiger partial charge < -0.3 is 5.32 Å². The van der Waals surface area contributed by atoms with Gasteiger partial charge in [0.2, 0.25) is 5.91 Å². The fourth-order valence-electron chi connectivity index (χ4n) is 3.60. The van der Waals surface area contributed by atoms with E-state index in [1.54, 1.807) is 18.2 Å². The molecule has 2 N–H and O–H groups in total. The third kappa shape index (κ3) is 4.45. The summed E-state index contributed by atoms with van der Waals surface area (Å²) in [4.78, 5) is 22.3. The molecule has 3 aromatic rings. The van der Waals surface area contributed by atoms with Crippen LogP contribution in [0.1, 0.15) is 11.1 Å². The van der Waals surface area contributed by atoms with Crippen LogP contribution in [0.3, 0.4) is 0 Å². The van der Waals surface area contributed by atoms with E-state index in [9.17, 15) is 13.2 Å². The van der Waals surface area contributed by atoms with Crippen LogP contribution in [0.2, 0.25) is 5.02 Å². The van der Waals surface area contributed by atoms with E-state index in [0.29, 0.717) is 29.6 Å². The first kappa shape index (κ1) is 22.2. The zero-order valence-corrected chi connectivity index (χ0v) is 19.2. The Hall–Kier alpha value is -3.01. The third-order valence-electron chi connectivity index (χ3n) is 5.15. The van der Waals surface area contributed by atoms with Crippen LogP contribution < -0.4 is 14.9 Å². The zero-order chi connectivity index (χ0) is 22.9. The van der Waals surface area contributed by atoms with Crippen LogP contribution in [-0.4, -0.2) is 43.9 Å². The van der Waals surface area contributed by atoms with Gasteiger partial charge >= 0.3 is 0 Å². The molecule has 1 aliphatic heterocycles. The monoisotopic (exact) mass is 471 g/mol. The number of carbonyl (C=O) groups is 1. The van der Waals surface area contributed by atoms with Crippen LogP contribution in [0.4, 0.5) is 11.6 Å². The maximum absolute atomic E-state index is 13.0. The molecule has 0 atom stereocenters. The van der Waals surface area contributed by atoms with Gasteiger partial charge in [0.05, 0.1) is 17.3 Å². The highest BCUT2D eigenvalue weighted by Crippen LogP contribution is 2.32. The maximum atomic E-state index is 13.0. The lowest BCUT2D eigenvalue weighted by Gasteiger charge is -2.26. The molecule has 1 aliphatic rings. The molecule has 4 rings (SSSR count). The Kier molecular flexibility index (Phi) is 6.14. The lowest BCUT2D eigenvalue weighted by molar-refractivity contribution is -0.118. The van der Waals surface area contributed by atoms with Crippen molar-refractivity contribution in [2.75, 3.05) is 29.3 Å². The Balaban J connectivity index is 1.66. The molecule has 0 saturated carbocycles. The van der Waals surface area contributed by atoms with Crippen molar-refractivity contribution in [3.05, 3.63) is 64.7 Å². The number of hydrogen-bond acceptors (Lipinski definition) is 6. The molecular weight excluding hydrogens is 450 g/mol. The van der Waals surface area contributed by atoms with E-state index in [4.69, 9.17) is 11.6 Å². The third-order valence-corrected chi connectivity index (χ3v) is 6.71. The molecule has 32 heavy (non-hydrogen) atoms. The number of hydrogen-bond donors (Lipinski definition) is 2. The van der Waals surface area contributed by atoms with Crippen molar-refractivity contribution in [3.8, 4) is 11.3 Å². The number of nitrogens with zero attached hydrogens (tertiary/aromatic N) is 3. The van der Waals surface area contributed by atoms with Gasteiger partial charge in [-0.25, -0.2) is 9.97 Å². The molecule has 8 nitrogen and oxygen atoms in total. The minimum absolute atomic E-state index is 0.123. The highest BCUT2D eigenvalue weighted by atomic mass is 35.5. The fraction of sp³-hybridized carbons (Fsp3) is 0.227. The number of amides is 1. The average Bonchev–Trinajstić information content (AvgIpc) is 2.76. The van der Waals surface area contributed by atoms with Crippen LogP contribution in [-0.2, 0) is 14.8 Å². The molecule has 1 aromatic carbocycles. The first-order valence-corrected chi connectivity index (χ1v) is 11.9. The van der Waals surface area contributed by atoms with Crippen molar-refractivity contribution in [1.29, 1.82) is 0 Å². The summed E-state index contributed by atoms with van der Waals surface area (Å²) in [5, 5.41) is 3.19. The standard InChI is InChI=1S/C22H22ClN5O3S/c1-14-5-3-6-15(2)21(14)22-16(23)9-10-17(25-22)27-32(30,31)19-8-4-7-18(26-19)28-12-11-24-13-20(28)29/h3-10,24H,11-13H2,1-2H3,(H,25,27). The van der Waals surface area contributed by atoms with Crippen molar-refractivity contribution in [3.63, 3.8) is 0 Å². The van der Waals surface area contributed by atoms with Gasteiger partial charge in [-0.05, 0) is 49.2 Å². The van der Waals surface area contributed by atoms with E-state index < -0.39 is 10.0 Å². The molecule has 1 fully saturated rings. The van der Waals surface area contributed by atoms with Crippen LogP contribution in [0, 0.1) is 13.8 Å². The Morgan fingerprint density at radius 1 is 1.03 bits per heavy atom. The summed E-state index contributed by atoms with van der Waals surface area (Å²) in [6, 6.07) is 13.5. The van der Waals surface area contributed by atoms with E-state index in [1.165, 1.54) is 17.0 Å². The Bertz CT molecular complexity index is 1280. The Morgan fingerprint density at radius 2 is 1.75 bits per heavy atom. The number of aromatic nitrogens is 2. The summed E-state index contributed by atoms with van der Waals surface area (Å²) in [6.07, 6.45) is 0. The van der Waals surface area contributed by atoms with Gasteiger partial charge in [0, 0.05) is 18.7 Å². The van der Waals surface area contributed by atoms with Gasteiger partial charge in [0.1, 0.15) is 11.6 Å². The number of benzene rings is 1. The van der Waals surface area contributed by atoms with Crippen molar-refractivity contribution in [2.24, 2.45) is 0 Å². The number of aryl methyl sites for hydroxylation is 2. The number of carbonyl (C=O) groups excluding carboxylic acids is 1. The van der Waals surface area contributed by atoms with Gasteiger partial charge in [-0.15, -0.1) is 0 Å². The van der Waals surface area contributed by atoms with Gasteiger partial charge in [-0.1, -0.05) is 35.9 Å². The fourth-order valence-corrected chi connectivity index (χ4v) is 4.77. The number of nitrogens with one attached hydrogen (secondary N) is 2. The zero-order valence-electron chi connectivity index (χ0n) is 17.6. The lowest BCUT2D eigenvalue weighted by Crippen LogP contribution is -2.48. The quantitative estimate of drug-likeness (QED) is 0.592. The molecule has 0 radical (unpaired) electrons. The minimum atomic E-state index is -4.04. The van der Waals surface area contributed by atoms with E-state index in [0.717, 1.165) is 16.7 Å². The number of halogens is 1. The molecule has 1 saturated heterocycles. The maximum Gasteiger partial charge on any atom is 0.280 e. The average molecular weight is 472 g/mol. The van der Waals surface area contributed by atoms with Crippen LogP contribution in [0.5, 0.6) is 0 Å². The highest BCUT2D eigenvalue weighted by molar-refractivity contribution is 7.92. The second-order valence-electron chi connectivity index (χ2n) is 7.46. The summed E-state index contributed by atoms with van der Waals surface area (Å²) >= 11 is 6.39. The molecule has 0 unspecified atom stereocenters. The van der Waals surface area contributed by atoms with E-state index in [2.05, 4.69) is 20.0 Å². The smallest absolute Gasteiger partial charge is 0.280 e. The van der Waals surface area contributed by atoms with E-state index in [1.807, 2.05) is 32.0 Å². The number of piperazine rings is 1. The normalized spacial score (nSPS) is 14.5. The molecule has 0 bridgehead atoms. The first-order valence-electron chi connectivity index (χ1n) is 10.0. The topological polar surface area (TPSA) is 104 Å². The molecule has 0 aliphatic carbocycles. The van der Waals surface area contributed by atoms with Crippen LogP contribution in [0.25, 0.3) is 11.3 Å². The summed E-state index contributed by atoms with van der Waals surface area (Å²) < 4.78 is 28.5. The number of pyridine rings is 2. The Morgan fingerprint density at radius 3 is 2.47 bits per heavy atom. The van der Waals surface area contributed by atoms with Crippen molar-refractivity contribution < 1.29 is 13.2 Å². The second kappa shape index (κ2) is 8.85. The molecule has 0 spiro atoms. The van der Waals surface area contributed by atoms with Crippen LogP contribution >= 0.6 is 11.6 Å². The summed E-state index contributed by atoms with van der Waals surface area (Å²) in [7, 11) is -4.04. The number of sulfonamides is 1. The molecule has 2 aromatic heterocycles. The van der Waals surface area contributed by atoms with E-state index >= 15 is 0 Å². The summed E-state index contributed by atoms with van der Waals surface area (Å²) in [6.45, 7) is 5.11. The van der Waals surface area contributed by atoms with Gasteiger partial charge in [-0.2, -0.15) is 8.42 Å². The van der Waals surface area contributed by atoms with Crippen molar-refractivity contribution >= 4 is 39.2 Å². The van der Waals surface area contributed by atoms with Gasteiger partial charge in [0.15, 0.2) is 5.03 Å². The minimum Gasteiger partial charge on any atom is -0.307 e. The van der Waals surface area contributed by atoms with E-state index in [-0.39, 0.29) is 23.3 Å². The predicted octanol–water partition coefficient (Wildman–Crippen LogP) is 3.15. The largest absolute Gasteiger partial charge is 0.307 e. The summed E-state index contributed by atoms with van der Waals surface area (Å²) in [5.41, 5.74) is 3.32. The SMILES string of the molecule is Cc1cccc(C)c1-c1nc(NS(=O)(=O)c2cccc(N3CCNCC3=O)n2)ccc1Cl.